The Bertz CT molecular complexity index is 265. The smallest absolute Gasteiger partial charge is 0.183 e. The van der Waals surface area contributed by atoms with Crippen LogP contribution in [0, 0.1) is 0 Å². The van der Waals surface area contributed by atoms with Crippen LogP contribution in [0.1, 0.15) is 11.9 Å². The first-order valence-electron chi connectivity index (χ1n) is 4.52. The number of nitrogens with zero attached hydrogens (tertiary/aromatic N) is 1. The van der Waals surface area contributed by atoms with Crippen molar-refractivity contribution >= 4 is 5.69 Å². The molecule has 1 aromatic carbocycles. The summed E-state index contributed by atoms with van der Waals surface area (Å²) in [6, 6.07) is 8.10. The summed E-state index contributed by atoms with van der Waals surface area (Å²) in [5.74, 6) is 0. The second-order valence-electron chi connectivity index (χ2n) is 3.29. The Balaban J connectivity index is 2.81. The van der Waals surface area contributed by atoms with Crippen molar-refractivity contribution in [3.63, 3.8) is 0 Å². The van der Waals surface area contributed by atoms with Crippen LogP contribution in [0.25, 0.3) is 0 Å². The third-order valence-electron chi connectivity index (χ3n) is 2.11. The van der Waals surface area contributed by atoms with Crippen molar-refractivity contribution in [2.24, 2.45) is 0 Å². The molecule has 0 heterocycles. The van der Waals surface area contributed by atoms with Gasteiger partial charge in [-0.15, -0.1) is 0 Å². The second-order valence-corrected chi connectivity index (χ2v) is 3.29. The maximum absolute atomic E-state index is 5.15. The van der Waals surface area contributed by atoms with E-state index >= 15 is 0 Å². The summed E-state index contributed by atoms with van der Waals surface area (Å²) in [4.78, 5) is 2.05. The molecule has 0 aliphatic rings. The van der Waals surface area contributed by atoms with Crippen LogP contribution in [0.3, 0.4) is 0 Å². The normalized spacial score (nSPS) is 10.6. The molecule has 0 amide bonds. The van der Waals surface area contributed by atoms with Crippen molar-refractivity contribution in [1.82, 2.24) is 0 Å². The molecule has 3 heteroatoms. The highest BCUT2D eigenvalue weighted by molar-refractivity contribution is 5.46. The first-order valence-corrected chi connectivity index (χ1v) is 4.52. The lowest BCUT2D eigenvalue weighted by molar-refractivity contribution is -0.106. The van der Waals surface area contributed by atoms with Gasteiger partial charge in [-0.3, -0.25) is 0 Å². The summed E-state index contributed by atoms with van der Waals surface area (Å²) in [5, 5.41) is 0. The minimum Gasteiger partial charge on any atom is -0.378 e. The molecular weight excluding hydrogens is 178 g/mol. The zero-order chi connectivity index (χ0) is 10.6. The van der Waals surface area contributed by atoms with Gasteiger partial charge in [-0.2, -0.15) is 0 Å². The van der Waals surface area contributed by atoms with Crippen LogP contribution in [-0.2, 0) is 9.47 Å². The summed E-state index contributed by atoms with van der Waals surface area (Å²) in [7, 11) is 7.29. The number of ether oxygens (including phenoxy) is 2. The van der Waals surface area contributed by atoms with E-state index in [0.717, 1.165) is 5.56 Å². The summed E-state index contributed by atoms with van der Waals surface area (Å²) in [5.41, 5.74) is 2.19. The topological polar surface area (TPSA) is 21.7 Å². The van der Waals surface area contributed by atoms with Crippen molar-refractivity contribution in [3.05, 3.63) is 29.8 Å². The fourth-order valence-corrected chi connectivity index (χ4v) is 1.30. The van der Waals surface area contributed by atoms with Crippen LogP contribution >= 0.6 is 0 Å². The monoisotopic (exact) mass is 195 g/mol. The Hall–Kier alpha value is -1.06. The van der Waals surface area contributed by atoms with Crippen molar-refractivity contribution < 1.29 is 9.47 Å². The highest BCUT2D eigenvalue weighted by Crippen LogP contribution is 2.20. The Labute approximate surface area is 85.2 Å². The molecule has 0 radical (unpaired) electrons. The lowest BCUT2D eigenvalue weighted by Crippen LogP contribution is -2.09. The maximum Gasteiger partial charge on any atom is 0.183 e. The Morgan fingerprint density at radius 1 is 1.00 bits per heavy atom. The first kappa shape index (κ1) is 11.0. The number of benzene rings is 1. The van der Waals surface area contributed by atoms with Crippen LogP contribution in [0.5, 0.6) is 0 Å². The number of rotatable bonds is 4. The lowest BCUT2D eigenvalue weighted by Gasteiger charge is -2.16. The molecule has 0 atom stereocenters. The largest absolute Gasteiger partial charge is 0.378 e. The Morgan fingerprint density at radius 3 is 1.86 bits per heavy atom. The highest BCUT2D eigenvalue weighted by atomic mass is 16.7. The van der Waals surface area contributed by atoms with Crippen LogP contribution < -0.4 is 4.90 Å². The minimum atomic E-state index is -0.272. The van der Waals surface area contributed by atoms with E-state index in [4.69, 9.17) is 9.47 Å². The predicted octanol–water partition coefficient (Wildman–Crippen LogP) is 2.04. The minimum absolute atomic E-state index is 0.272. The van der Waals surface area contributed by atoms with Gasteiger partial charge in [0.2, 0.25) is 0 Å². The zero-order valence-electron chi connectivity index (χ0n) is 9.15. The van der Waals surface area contributed by atoms with E-state index in [-0.39, 0.29) is 6.29 Å². The van der Waals surface area contributed by atoms with E-state index in [2.05, 4.69) is 4.90 Å². The molecule has 0 fully saturated rings. The third-order valence-corrected chi connectivity index (χ3v) is 2.11. The Kier molecular flexibility index (Phi) is 3.92. The first-order chi connectivity index (χ1) is 6.69. The van der Waals surface area contributed by atoms with E-state index in [0.29, 0.717) is 0 Å². The highest BCUT2D eigenvalue weighted by Gasteiger charge is 2.07. The van der Waals surface area contributed by atoms with E-state index in [9.17, 15) is 0 Å². The number of hydrogen-bond acceptors (Lipinski definition) is 3. The molecule has 78 valence electrons. The average molecular weight is 195 g/mol. The van der Waals surface area contributed by atoms with E-state index in [1.165, 1.54) is 5.69 Å². The predicted molar refractivity (Wildman–Crippen MR) is 57.5 cm³/mol. The van der Waals surface area contributed by atoms with Crippen LogP contribution in [0.2, 0.25) is 0 Å². The molecular formula is C11H17NO2. The van der Waals surface area contributed by atoms with E-state index in [1.54, 1.807) is 14.2 Å². The number of methoxy groups -OCH3 is 2. The SMILES string of the molecule is COC(OC)c1ccc(N(C)C)cc1. The molecule has 3 nitrogen and oxygen atoms in total. The molecule has 0 spiro atoms. The van der Waals surface area contributed by atoms with Crippen LogP contribution in [0.4, 0.5) is 5.69 Å². The van der Waals surface area contributed by atoms with Crippen molar-refractivity contribution in [1.29, 1.82) is 0 Å². The average Bonchev–Trinajstić information content (AvgIpc) is 2.20. The van der Waals surface area contributed by atoms with Crippen molar-refractivity contribution in [2.45, 2.75) is 6.29 Å². The van der Waals surface area contributed by atoms with Gasteiger partial charge in [0, 0.05) is 39.6 Å². The van der Waals surface area contributed by atoms with Gasteiger partial charge in [0.1, 0.15) is 0 Å². The quantitative estimate of drug-likeness (QED) is 0.686. The molecule has 0 N–H and O–H groups in total. The number of hydrogen-bond donors (Lipinski definition) is 0. The fourth-order valence-electron chi connectivity index (χ4n) is 1.30. The van der Waals surface area contributed by atoms with E-state index < -0.39 is 0 Å². The standard InChI is InChI=1S/C11H17NO2/c1-12(2)10-7-5-9(6-8-10)11(13-3)14-4/h5-8,11H,1-4H3. The van der Waals surface area contributed by atoms with Gasteiger partial charge in [0.15, 0.2) is 6.29 Å². The summed E-state index contributed by atoms with van der Waals surface area (Å²) in [6.45, 7) is 0. The van der Waals surface area contributed by atoms with Gasteiger partial charge in [-0.05, 0) is 12.1 Å². The fraction of sp³-hybridized carbons (Fsp3) is 0.455. The molecule has 1 aromatic rings. The number of anilines is 1. The van der Waals surface area contributed by atoms with Gasteiger partial charge >= 0.3 is 0 Å². The molecule has 0 aromatic heterocycles. The second kappa shape index (κ2) is 4.98. The van der Waals surface area contributed by atoms with Crippen LogP contribution in [-0.4, -0.2) is 28.3 Å². The van der Waals surface area contributed by atoms with Gasteiger partial charge in [-0.25, -0.2) is 0 Å². The summed E-state index contributed by atoms with van der Waals surface area (Å²) < 4.78 is 10.3. The molecule has 0 saturated heterocycles. The molecule has 0 aliphatic heterocycles. The molecule has 0 bridgehead atoms. The lowest BCUT2D eigenvalue weighted by atomic mass is 10.2. The van der Waals surface area contributed by atoms with Gasteiger partial charge in [0.25, 0.3) is 0 Å². The Morgan fingerprint density at radius 2 is 1.50 bits per heavy atom. The van der Waals surface area contributed by atoms with Crippen LogP contribution in [0.15, 0.2) is 24.3 Å². The van der Waals surface area contributed by atoms with Gasteiger partial charge in [-0.1, -0.05) is 12.1 Å². The molecule has 0 unspecified atom stereocenters. The molecule has 0 aliphatic carbocycles. The van der Waals surface area contributed by atoms with Crippen molar-refractivity contribution in [3.8, 4) is 0 Å². The molecule has 1 rings (SSSR count). The van der Waals surface area contributed by atoms with E-state index in [1.807, 2.05) is 38.4 Å². The molecule has 14 heavy (non-hydrogen) atoms. The summed E-state index contributed by atoms with van der Waals surface area (Å²) >= 11 is 0. The van der Waals surface area contributed by atoms with Gasteiger partial charge in [0.05, 0.1) is 0 Å². The van der Waals surface area contributed by atoms with Crippen molar-refractivity contribution in [2.75, 3.05) is 33.2 Å². The summed E-state index contributed by atoms with van der Waals surface area (Å²) in [6.07, 6.45) is -0.272. The third kappa shape index (κ3) is 2.47. The molecule has 0 saturated carbocycles. The van der Waals surface area contributed by atoms with Gasteiger partial charge < -0.3 is 14.4 Å². The zero-order valence-corrected chi connectivity index (χ0v) is 9.15. The maximum atomic E-state index is 5.15.